The van der Waals surface area contributed by atoms with Crippen molar-refractivity contribution in [1.82, 2.24) is 0 Å². The summed E-state index contributed by atoms with van der Waals surface area (Å²) in [5, 5.41) is 0. The lowest BCUT2D eigenvalue weighted by Crippen LogP contribution is -2.39. The second-order valence-corrected chi connectivity index (χ2v) is 4.49. The van der Waals surface area contributed by atoms with Crippen LogP contribution in [-0.4, -0.2) is 25.5 Å². The first-order valence-electron chi connectivity index (χ1n) is 6.21. The Morgan fingerprint density at radius 1 is 1.47 bits per heavy atom. The summed E-state index contributed by atoms with van der Waals surface area (Å²) in [6, 6.07) is 8.09. The number of ether oxygens (including phenoxy) is 1. The molecule has 1 heterocycles. The average molecular weight is 233 g/mol. The summed E-state index contributed by atoms with van der Waals surface area (Å²) in [5.41, 5.74) is 1.15. The van der Waals surface area contributed by atoms with Gasteiger partial charge in [-0.1, -0.05) is 13.0 Å². The number of nitrogens with zero attached hydrogens (tertiary/aromatic N) is 1. The van der Waals surface area contributed by atoms with E-state index in [1.807, 2.05) is 32.0 Å². The zero-order valence-corrected chi connectivity index (χ0v) is 10.5. The summed E-state index contributed by atoms with van der Waals surface area (Å²) in [6.07, 6.45) is 0.653. The first-order chi connectivity index (χ1) is 8.20. The lowest BCUT2D eigenvalue weighted by Gasteiger charge is -2.32. The number of hydrogen-bond donors (Lipinski definition) is 0. The van der Waals surface area contributed by atoms with E-state index < -0.39 is 0 Å². The largest absolute Gasteiger partial charge is 0.494 e. The van der Waals surface area contributed by atoms with Crippen LogP contribution in [0.4, 0.5) is 5.69 Å². The molecule has 1 saturated heterocycles. The molecule has 0 N–H and O–H groups in total. The van der Waals surface area contributed by atoms with Crippen molar-refractivity contribution in [3.63, 3.8) is 0 Å². The van der Waals surface area contributed by atoms with Crippen LogP contribution in [0.3, 0.4) is 0 Å². The molecule has 0 saturated carbocycles. The minimum absolute atomic E-state index is 0.138. The molecule has 92 valence electrons. The fraction of sp³-hybridized carbons (Fsp3) is 0.500. The quantitative estimate of drug-likeness (QED) is 0.803. The number of benzene rings is 1. The molecule has 1 fully saturated rings. The molecule has 3 nitrogen and oxygen atoms in total. The Hall–Kier alpha value is -1.51. The van der Waals surface area contributed by atoms with Crippen LogP contribution in [0.25, 0.3) is 0 Å². The molecule has 2 rings (SSSR count). The van der Waals surface area contributed by atoms with Crippen molar-refractivity contribution in [2.45, 2.75) is 20.3 Å². The predicted molar refractivity (Wildman–Crippen MR) is 68.6 cm³/mol. The van der Waals surface area contributed by atoms with Crippen molar-refractivity contribution < 1.29 is 9.53 Å². The van der Waals surface area contributed by atoms with Crippen LogP contribution in [0.2, 0.25) is 0 Å². The van der Waals surface area contributed by atoms with E-state index in [0.29, 0.717) is 18.8 Å². The highest BCUT2D eigenvalue weighted by Gasteiger charge is 2.23. The summed E-state index contributed by atoms with van der Waals surface area (Å²) in [6.45, 7) is 6.29. The molecule has 1 aliphatic rings. The van der Waals surface area contributed by atoms with Crippen LogP contribution in [0.5, 0.6) is 5.75 Å². The number of hydrogen-bond acceptors (Lipinski definition) is 3. The van der Waals surface area contributed by atoms with Gasteiger partial charge in [-0.25, -0.2) is 0 Å². The third-order valence-electron chi connectivity index (χ3n) is 3.17. The second kappa shape index (κ2) is 5.21. The lowest BCUT2D eigenvalue weighted by atomic mass is 9.98. The maximum atomic E-state index is 11.5. The van der Waals surface area contributed by atoms with Gasteiger partial charge in [0.05, 0.1) is 6.61 Å². The van der Waals surface area contributed by atoms with Crippen molar-refractivity contribution in [3.05, 3.63) is 24.3 Å². The SMILES string of the molecule is CCOc1cccc(N2CCC(=O)C(C)C2)c1. The van der Waals surface area contributed by atoms with Gasteiger partial charge in [0.1, 0.15) is 11.5 Å². The predicted octanol–water partition coefficient (Wildman–Crippen LogP) is 2.50. The number of Topliss-reactive ketones (excluding diaryl/α,β-unsaturated/α-hetero) is 1. The van der Waals surface area contributed by atoms with Crippen molar-refractivity contribution in [2.24, 2.45) is 5.92 Å². The molecule has 0 aliphatic carbocycles. The Morgan fingerprint density at radius 2 is 2.29 bits per heavy atom. The Kier molecular flexibility index (Phi) is 3.67. The summed E-state index contributed by atoms with van der Waals surface area (Å²) in [7, 11) is 0. The monoisotopic (exact) mass is 233 g/mol. The lowest BCUT2D eigenvalue weighted by molar-refractivity contribution is -0.122. The molecule has 0 bridgehead atoms. The Bertz CT molecular complexity index is 403. The van der Waals surface area contributed by atoms with Gasteiger partial charge in [-0.2, -0.15) is 0 Å². The second-order valence-electron chi connectivity index (χ2n) is 4.49. The molecule has 0 amide bonds. The van der Waals surface area contributed by atoms with Gasteiger partial charge in [-0.3, -0.25) is 4.79 Å². The molecule has 17 heavy (non-hydrogen) atoms. The molecule has 1 aromatic carbocycles. The molecular weight excluding hydrogens is 214 g/mol. The zero-order valence-electron chi connectivity index (χ0n) is 10.5. The van der Waals surface area contributed by atoms with E-state index in [4.69, 9.17) is 4.74 Å². The first-order valence-corrected chi connectivity index (χ1v) is 6.21. The summed E-state index contributed by atoms with van der Waals surface area (Å²) < 4.78 is 5.49. The highest BCUT2D eigenvalue weighted by molar-refractivity contribution is 5.83. The number of carbonyl (C=O) groups is 1. The van der Waals surface area contributed by atoms with Crippen LogP contribution in [0.1, 0.15) is 20.3 Å². The topological polar surface area (TPSA) is 29.5 Å². The average Bonchev–Trinajstić information content (AvgIpc) is 2.33. The maximum Gasteiger partial charge on any atom is 0.139 e. The molecule has 1 aliphatic heterocycles. The number of rotatable bonds is 3. The van der Waals surface area contributed by atoms with Crippen LogP contribution in [0.15, 0.2) is 24.3 Å². The summed E-state index contributed by atoms with van der Waals surface area (Å²) in [4.78, 5) is 13.7. The Labute approximate surface area is 102 Å². The van der Waals surface area contributed by atoms with E-state index in [1.165, 1.54) is 0 Å². The molecular formula is C14H19NO2. The number of anilines is 1. The first kappa shape index (κ1) is 12.0. The Morgan fingerprint density at radius 3 is 3.00 bits per heavy atom. The van der Waals surface area contributed by atoms with Crippen molar-refractivity contribution >= 4 is 11.5 Å². The summed E-state index contributed by atoms with van der Waals surface area (Å²) in [5.74, 6) is 1.41. The van der Waals surface area contributed by atoms with Gasteiger partial charge in [0.25, 0.3) is 0 Å². The van der Waals surface area contributed by atoms with Gasteiger partial charge < -0.3 is 9.64 Å². The van der Waals surface area contributed by atoms with Crippen molar-refractivity contribution in [2.75, 3.05) is 24.6 Å². The van der Waals surface area contributed by atoms with Gasteiger partial charge in [-0.15, -0.1) is 0 Å². The standard InChI is InChI=1S/C14H19NO2/c1-3-17-13-6-4-5-12(9-13)15-8-7-14(16)11(2)10-15/h4-6,9,11H,3,7-8,10H2,1-2H3. The maximum absolute atomic E-state index is 11.5. The number of ketones is 1. The number of carbonyl (C=O) groups excluding carboxylic acids is 1. The normalized spacial score (nSPS) is 20.5. The van der Waals surface area contributed by atoms with Crippen LogP contribution >= 0.6 is 0 Å². The van der Waals surface area contributed by atoms with Crippen molar-refractivity contribution in [1.29, 1.82) is 0 Å². The van der Waals surface area contributed by atoms with E-state index in [-0.39, 0.29) is 5.92 Å². The molecule has 0 radical (unpaired) electrons. The van der Waals surface area contributed by atoms with E-state index in [0.717, 1.165) is 24.5 Å². The minimum Gasteiger partial charge on any atom is -0.494 e. The molecule has 1 atom stereocenters. The van der Waals surface area contributed by atoms with Gasteiger partial charge in [0, 0.05) is 37.2 Å². The van der Waals surface area contributed by atoms with Gasteiger partial charge in [0.2, 0.25) is 0 Å². The third kappa shape index (κ3) is 2.78. The molecule has 1 aromatic rings. The zero-order chi connectivity index (χ0) is 12.3. The molecule has 1 unspecified atom stereocenters. The van der Waals surface area contributed by atoms with E-state index in [9.17, 15) is 4.79 Å². The fourth-order valence-corrected chi connectivity index (χ4v) is 2.19. The van der Waals surface area contributed by atoms with Crippen molar-refractivity contribution in [3.8, 4) is 5.75 Å². The van der Waals surface area contributed by atoms with Gasteiger partial charge >= 0.3 is 0 Å². The Balaban J connectivity index is 2.11. The van der Waals surface area contributed by atoms with E-state index in [2.05, 4.69) is 11.0 Å². The molecule has 0 spiro atoms. The van der Waals surface area contributed by atoms with Gasteiger partial charge in [0.15, 0.2) is 0 Å². The molecule has 0 aromatic heterocycles. The van der Waals surface area contributed by atoms with Crippen LogP contribution in [-0.2, 0) is 4.79 Å². The molecule has 3 heteroatoms. The fourth-order valence-electron chi connectivity index (χ4n) is 2.19. The third-order valence-corrected chi connectivity index (χ3v) is 3.17. The van der Waals surface area contributed by atoms with Crippen LogP contribution in [0, 0.1) is 5.92 Å². The van der Waals surface area contributed by atoms with E-state index >= 15 is 0 Å². The highest BCUT2D eigenvalue weighted by Crippen LogP contribution is 2.24. The smallest absolute Gasteiger partial charge is 0.139 e. The minimum atomic E-state index is 0.138. The van der Waals surface area contributed by atoms with Crippen LogP contribution < -0.4 is 9.64 Å². The highest BCUT2D eigenvalue weighted by atomic mass is 16.5. The van der Waals surface area contributed by atoms with E-state index in [1.54, 1.807) is 0 Å². The number of piperidine rings is 1. The van der Waals surface area contributed by atoms with Gasteiger partial charge in [-0.05, 0) is 19.1 Å². The summed E-state index contributed by atoms with van der Waals surface area (Å²) >= 11 is 0.